The maximum Gasteiger partial charge on any atom is 0.422 e. The largest absolute Gasteiger partial charge is 0.443 e. The highest BCUT2D eigenvalue weighted by Crippen LogP contribution is 2.33. The summed E-state index contributed by atoms with van der Waals surface area (Å²) >= 11 is 0. The monoisotopic (exact) mass is 461 g/mol. The van der Waals surface area contributed by atoms with E-state index in [2.05, 4.69) is 9.71 Å². The summed E-state index contributed by atoms with van der Waals surface area (Å²) in [5, 5.41) is 0. The molecule has 11 heteroatoms. The highest BCUT2D eigenvalue weighted by atomic mass is 32.2. The number of pyridine rings is 1. The van der Waals surface area contributed by atoms with Crippen LogP contribution < -0.4 is 14.3 Å². The minimum atomic E-state index is -4.07. The summed E-state index contributed by atoms with van der Waals surface area (Å²) in [5.74, 6) is 0.621. The van der Waals surface area contributed by atoms with Gasteiger partial charge in [-0.2, -0.15) is 13.1 Å². The number of ether oxygens (including phenoxy) is 1. The van der Waals surface area contributed by atoms with Crippen LogP contribution in [0.15, 0.2) is 36.5 Å². The smallest absolute Gasteiger partial charge is 0.422 e. The van der Waals surface area contributed by atoms with E-state index in [1.807, 2.05) is 22.9 Å². The first-order valence-electron chi connectivity index (χ1n) is 9.93. The molecular formula is C21H27N5O5S. The van der Waals surface area contributed by atoms with Crippen molar-refractivity contribution in [3.63, 3.8) is 0 Å². The van der Waals surface area contributed by atoms with Crippen LogP contribution in [0.25, 0.3) is 11.1 Å². The van der Waals surface area contributed by atoms with E-state index in [0.717, 1.165) is 16.7 Å². The lowest BCUT2D eigenvalue weighted by atomic mass is 9.98. The number of carbonyl (C=O) groups excluding carboxylic acids is 2. The summed E-state index contributed by atoms with van der Waals surface area (Å²) in [6.07, 6.45) is 0.615. The molecule has 1 aromatic heterocycles. The number of nitrogens with one attached hydrogen (secondary N) is 2. The van der Waals surface area contributed by atoms with Crippen LogP contribution in [-0.2, 0) is 28.0 Å². The van der Waals surface area contributed by atoms with Gasteiger partial charge in [0.25, 0.3) is 0 Å². The Kier molecular flexibility index (Phi) is 6.42. The maximum atomic E-state index is 12.2. The van der Waals surface area contributed by atoms with Crippen LogP contribution in [0.4, 0.5) is 15.4 Å². The topological polar surface area (TPSA) is 121 Å². The molecule has 2 heterocycles. The zero-order valence-electron chi connectivity index (χ0n) is 18.7. The van der Waals surface area contributed by atoms with Crippen molar-refractivity contribution >= 4 is 28.2 Å². The summed E-state index contributed by atoms with van der Waals surface area (Å²) in [5.41, 5.74) is 2.69. The molecule has 1 aliphatic heterocycles. The Morgan fingerprint density at radius 1 is 1.16 bits per heavy atom. The van der Waals surface area contributed by atoms with Crippen molar-refractivity contribution in [2.45, 2.75) is 39.5 Å². The van der Waals surface area contributed by atoms with Crippen molar-refractivity contribution in [1.29, 1.82) is 0 Å². The van der Waals surface area contributed by atoms with Gasteiger partial charge in [0.15, 0.2) is 0 Å². The van der Waals surface area contributed by atoms with Crippen molar-refractivity contribution < 1.29 is 22.7 Å². The Bertz CT molecular complexity index is 1130. The van der Waals surface area contributed by atoms with Gasteiger partial charge < -0.3 is 9.64 Å². The number of nitrogens with zero attached hydrogens (tertiary/aromatic N) is 3. The van der Waals surface area contributed by atoms with E-state index in [0.29, 0.717) is 17.9 Å². The zero-order chi connectivity index (χ0) is 23.7. The first-order chi connectivity index (χ1) is 14.9. The fourth-order valence-corrected chi connectivity index (χ4v) is 3.96. The Morgan fingerprint density at radius 3 is 2.44 bits per heavy atom. The van der Waals surface area contributed by atoms with Gasteiger partial charge in [-0.1, -0.05) is 24.3 Å². The SMILES string of the molecule is CN1Cc2c(-c3ccc(CNS(=O)(=O)NC(=O)OC(C)(C)C)cc3)ccnc2N(C)C1=O. The average Bonchev–Trinajstić information content (AvgIpc) is 2.69. The van der Waals surface area contributed by atoms with Gasteiger partial charge in [-0.15, -0.1) is 0 Å². The summed E-state index contributed by atoms with van der Waals surface area (Å²) < 4.78 is 33.2. The second-order valence-electron chi connectivity index (χ2n) is 8.48. The Morgan fingerprint density at radius 2 is 1.81 bits per heavy atom. The summed E-state index contributed by atoms with van der Waals surface area (Å²) in [6.45, 7) is 5.36. The number of aromatic nitrogens is 1. The highest BCUT2D eigenvalue weighted by molar-refractivity contribution is 7.88. The molecular weight excluding hydrogens is 434 g/mol. The number of benzene rings is 1. The van der Waals surface area contributed by atoms with E-state index >= 15 is 0 Å². The van der Waals surface area contributed by atoms with Gasteiger partial charge in [-0.05, 0) is 43.5 Å². The molecule has 2 aromatic rings. The normalized spacial score (nSPS) is 14.2. The second kappa shape index (κ2) is 8.75. The number of fused-ring (bicyclic) bond motifs is 1. The zero-order valence-corrected chi connectivity index (χ0v) is 19.5. The molecule has 1 aliphatic rings. The Balaban J connectivity index is 1.70. The lowest BCUT2D eigenvalue weighted by molar-refractivity contribution is 0.0569. The molecule has 0 fully saturated rings. The fraction of sp³-hybridized carbons (Fsp3) is 0.381. The number of amides is 3. The fourth-order valence-electron chi connectivity index (χ4n) is 3.27. The third-order valence-electron chi connectivity index (χ3n) is 4.71. The van der Waals surface area contributed by atoms with Gasteiger partial charge in [-0.25, -0.2) is 19.3 Å². The lowest BCUT2D eigenvalue weighted by Gasteiger charge is -2.32. The van der Waals surface area contributed by atoms with Gasteiger partial charge in [-0.3, -0.25) is 4.90 Å². The molecule has 0 saturated carbocycles. The van der Waals surface area contributed by atoms with Gasteiger partial charge in [0, 0.05) is 32.4 Å². The number of carbonyl (C=O) groups is 2. The van der Waals surface area contributed by atoms with Crippen molar-refractivity contribution in [2.24, 2.45) is 0 Å². The van der Waals surface area contributed by atoms with Gasteiger partial charge in [0.1, 0.15) is 11.4 Å². The molecule has 0 unspecified atom stereocenters. The standard InChI is InChI=1S/C21H27N5O5S/c1-21(2,3)31-19(27)24-32(29,30)23-12-14-6-8-15(9-7-14)16-10-11-22-18-17(16)13-25(4)20(28)26(18)5/h6-11,23H,12-13H2,1-5H3,(H,24,27). The Labute approximate surface area is 187 Å². The molecule has 0 spiro atoms. The van der Waals surface area contributed by atoms with Crippen LogP contribution in [0.5, 0.6) is 0 Å². The predicted octanol–water partition coefficient (Wildman–Crippen LogP) is 2.61. The molecule has 3 rings (SSSR count). The molecule has 0 aliphatic carbocycles. The van der Waals surface area contributed by atoms with Crippen molar-refractivity contribution in [3.05, 3.63) is 47.7 Å². The average molecular weight is 462 g/mol. The summed E-state index contributed by atoms with van der Waals surface area (Å²) in [4.78, 5) is 31.4. The molecule has 2 N–H and O–H groups in total. The quantitative estimate of drug-likeness (QED) is 0.706. The first kappa shape index (κ1) is 23.5. The minimum absolute atomic E-state index is 0.00710. The van der Waals surface area contributed by atoms with E-state index in [1.165, 1.54) is 4.90 Å². The minimum Gasteiger partial charge on any atom is -0.443 e. The van der Waals surface area contributed by atoms with Crippen LogP contribution in [0, 0.1) is 0 Å². The third-order valence-corrected chi connectivity index (χ3v) is 5.67. The van der Waals surface area contributed by atoms with Crippen LogP contribution in [0.2, 0.25) is 0 Å². The molecule has 3 amide bonds. The maximum absolute atomic E-state index is 12.2. The van der Waals surface area contributed by atoms with Gasteiger partial charge in [0.05, 0.1) is 6.54 Å². The molecule has 0 atom stereocenters. The molecule has 0 saturated heterocycles. The summed E-state index contributed by atoms with van der Waals surface area (Å²) in [6, 6.07) is 9.09. The molecule has 0 radical (unpaired) electrons. The second-order valence-corrected chi connectivity index (χ2v) is 9.98. The van der Waals surface area contributed by atoms with Gasteiger partial charge in [0.2, 0.25) is 0 Å². The van der Waals surface area contributed by atoms with Gasteiger partial charge >= 0.3 is 22.3 Å². The molecule has 32 heavy (non-hydrogen) atoms. The lowest BCUT2D eigenvalue weighted by Crippen LogP contribution is -2.43. The summed E-state index contributed by atoms with van der Waals surface area (Å²) in [7, 11) is -0.645. The predicted molar refractivity (Wildman–Crippen MR) is 120 cm³/mol. The van der Waals surface area contributed by atoms with E-state index < -0.39 is 21.9 Å². The molecule has 1 aromatic carbocycles. The number of hydrogen-bond donors (Lipinski definition) is 2. The molecule has 10 nitrogen and oxygen atoms in total. The number of rotatable bonds is 5. The van der Waals surface area contributed by atoms with Crippen LogP contribution >= 0.6 is 0 Å². The van der Waals surface area contributed by atoms with Crippen LogP contribution in [0.1, 0.15) is 31.9 Å². The molecule has 172 valence electrons. The number of anilines is 1. The Hall–Kier alpha value is -3.18. The van der Waals surface area contributed by atoms with E-state index in [1.54, 1.807) is 58.1 Å². The number of urea groups is 1. The van der Waals surface area contributed by atoms with E-state index in [9.17, 15) is 18.0 Å². The van der Waals surface area contributed by atoms with E-state index in [-0.39, 0.29) is 12.6 Å². The number of hydrogen-bond acceptors (Lipinski definition) is 6. The van der Waals surface area contributed by atoms with Crippen molar-refractivity contribution in [2.75, 3.05) is 19.0 Å². The third kappa shape index (κ3) is 5.54. The van der Waals surface area contributed by atoms with Crippen molar-refractivity contribution in [3.8, 4) is 11.1 Å². The van der Waals surface area contributed by atoms with E-state index in [4.69, 9.17) is 4.74 Å². The first-order valence-corrected chi connectivity index (χ1v) is 11.4. The molecule has 0 bridgehead atoms. The van der Waals surface area contributed by atoms with Crippen LogP contribution in [-0.4, -0.2) is 50.1 Å². The van der Waals surface area contributed by atoms with Crippen LogP contribution in [0.3, 0.4) is 0 Å². The van der Waals surface area contributed by atoms with Crippen molar-refractivity contribution in [1.82, 2.24) is 19.3 Å². The highest BCUT2D eigenvalue weighted by Gasteiger charge is 2.28.